The van der Waals surface area contributed by atoms with Crippen molar-refractivity contribution in [2.24, 2.45) is 5.92 Å². The van der Waals surface area contributed by atoms with Gasteiger partial charge in [0.25, 0.3) is 0 Å². The topological polar surface area (TPSA) is 67.5 Å². The Morgan fingerprint density at radius 1 is 1.62 bits per heavy atom. The van der Waals surface area contributed by atoms with E-state index in [0.717, 1.165) is 0 Å². The number of carbonyl (C=O) groups is 2. The molecule has 4 nitrogen and oxygen atoms in total. The quantitative estimate of drug-likeness (QED) is 0.548. The maximum absolute atomic E-state index is 11.4. The smallest absolute Gasteiger partial charge is 0.210 e. The third kappa shape index (κ3) is 2.03. The summed E-state index contributed by atoms with van der Waals surface area (Å²) in [6.07, 6.45) is 1.35. The Kier molecular flexibility index (Phi) is 2.97. The molecule has 13 heavy (non-hydrogen) atoms. The standard InChI is InChI=1S/C9H10O4/c1-6(11)7(5-10)9(12)8-3-2-4-13-8/h2-4,7,10H,5H2,1H3. The van der Waals surface area contributed by atoms with Crippen molar-refractivity contribution in [1.29, 1.82) is 0 Å². The van der Waals surface area contributed by atoms with Gasteiger partial charge in [0.1, 0.15) is 11.7 Å². The average Bonchev–Trinajstić information content (AvgIpc) is 2.56. The molecule has 0 radical (unpaired) electrons. The molecule has 0 aliphatic carbocycles. The van der Waals surface area contributed by atoms with E-state index in [0.29, 0.717) is 0 Å². The molecule has 1 rings (SSSR count). The summed E-state index contributed by atoms with van der Waals surface area (Å²) in [7, 11) is 0. The van der Waals surface area contributed by atoms with Gasteiger partial charge in [-0.2, -0.15) is 0 Å². The predicted octanol–water partition coefficient (Wildman–Crippen LogP) is 0.660. The second-order valence-corrected chi connectivity index (χ2v) is 2.69. The highest BCUT2D eigenvalue weighted by Gasteiger charge is 2.25. The SMILES string of the molecule is CC(=O)C(CO)C(=O)c1ccco1. The van der Waals surface area contributed by atoms with E-state index in [4.69, 9.17) is 9.52 Å². The van der Waals surface area contributed by atoms with Crippen LogP contribution in [0.5, 0.6) is 0 Å². The lowest BCUT2D eigenvalue weighted by Gasteiger charge is -2.05. The fourth-order valence-electron chi connectivity index (χ4n) is 0.987. The first-order valence-electron chi connectivity index (χ1n) is 3.86. The zero-order chi connectivity index (χ0) is 9.84. The molecule has 1 aromatic rings. The summed E-state index contributed by atoms with van der Waals surface area (Å²) in [5.74, 6) is -1.72. The van der Waals surface area contributed by atoms with Gasteiger partial charge in [-0.3, -0.25) is 9.59 Å². The molecule has 0 aliphatic heterocycles. The zero-order valence-corrected chi connectivity index (χ0v) is 7.19. The van der Waals surface area contributed by atoms with Crippen molar-refractivity contribution in [3.05, 3.63) is 24.2 Å². The number of ketones is 2. The molecule has 0 bridgehead atoms. The van der Waals surface area contributed by atoms with Gasteiger partial charge in [-0.25, -0.2) is 0 Å². The highest BCUT2D eigenvalue weighted by atomic mass is 16.3. The summed E-state index contributed by atoms with van der Waals surface area (Å²) >= 11 is 0. The van der Waals surface area contributed by atoms with Crippen LogP contribution in [0.4, 0.5) is 0 Å². The molecule has 0 aromatic carbocycles. The van der Waals surface area contributed by atoms with Gasteiger partial charge in [0.2, 0.25) is 5.78 Å². The van der Waals surface area contributed by atoms with Crippen molar-refractivity contribution >= 4 is 11.6 Å². The van der Waals surface area contributed by atoms with E-state index in [2.05, 4.69) is 0 Å². The Morgan fingerprint density at radius 3 is 2.69 bits per heavy atom. The number of aliphatic hydroxyl groups is 1. The molecule has 1 N–H and O–H groups in total. The highest BCUT2D eigenvalue weighted by Crippen LogP contribution is 2.10. The number of hydrogen-bond acceptors (Lipinski definition) is 4. The van der Waals surface area contributed by atoms with E-state index in [1.165, 1.54) is 19.3 Å². The van der Waals surface area contributed by atoms with Crippen LogP contribution < -0.4 is 0 Å². The number of hydrogen-bond donors (Lipinski definition) is 1. The molecule has 1 atom stereocenters. The summed E-state index contributed by atoms with van der Waals surface area (Å²) in [5, 5.41) is 8.78. The molecule has 70 valence electrons. The largest absolute Gasteiger partial charge is 0.461 e. The second-order valence-electron chi connectivity index (χ2n) is 2.69. The number of furan rings is 1. The summed E-state index contributed by atoms with van der Waals surface area (Å²) in [5.41, 5.74) is 0. The molecule has 0 amide bonds. The third-order valence-electron chi connectivity index (χ3n) is 1.75. The number of Topliss-reactive ketones (excluding diaryl/α,β-unsaturated/α-hetero) is 2. The minimum absolute atomic E-state index is 0.106. The first kappa shape index (κ1) is 9.67. The van der Waals surface area contributed by atoms with Crippen molar-refractivity contribution in [3.8, 4) is 0 Å². The van der Waals surface area contributed by atoms with Crippen LogP contribution in [0.1, 0.15) is 17.5 Å². The van der Waals surface area contributed by atoms with Gasteiger partial charge < -0.3 is 9.52 Å². The molecule has 1 unspecified atom stereocenters. The van der Waals surface area contributed by atoms with Gasteiger partial charge in [0, 0.05) is 0 Å². The monoisotopic (exact) mass is 182 g/mol. The lowest BCUT2D eigenvalue weighted by molar-refractivity contribution is -0.120. The summed E-state index contributed by atoms with van der Waals surface area (Å²) < 4.78 is 4.82. The zero-order valence-electron chi connectivity index (χ0n) is 7.19. The second kappa shape index (κ2) is 4.00. The highest BCUT2D eigenvalue weighted by molar-refractivity contribution is 6.08. The van der Waals surface area contributed by atoms with E-state index in [1.54, 1.807) is 6.07 Å². The maximum Gasteiger partial charge on any atom is 0.210 e. The molecule has 0 aliphatic rings. The first-order valence-corrected chi connectivity index (χ1v) is 3.86. The van der Waals surface area contributed by atoms with Gasteiger partial charge >= 0.3 is 0 Å². The molecular formula is C9H10O4. The normalized spacial score (nSPS) is 12.5. The number of rotatable bonds is 4. The van der Waals surface area contributed by atoms with Crippen LogP contribution in [0, 0.1) is 5.92 Å². The fraction of sp³-hybridized carbons (Fsp3) is 0.333. The Bertz CT molecular complexity index is 299. The van der Waals surface area contributed by atoms with Crippen LogP contribution in [0.25, 0.3) is 0 Å². The van der Waals surface area contributed by atoms with Crippen molar-refractivity contribution < 1.29 is 19.1 Å². The first-order chi connectivity index (χ1) is 6.16. The lowest BCUT2D eigenvalue weighted by Crippen LogP contribution is -2.25. The minimum atomic E-state index is -0.994. The van der Waals surface area contributed by atoms with Gasteiger partial charge in [0.05, 0.1) is 12.9 Å². The number of aliphatic hydroxyl groups excluding tert-OH is 1. The third-order valence-corrected chi connectivity index (χ3v) is 1.75. The van der Waals surface area contributed by atoms with E-state index >= 15 is 0 Å². The summed E-state index contributed by atoms with van der Waals surface area (Å²) in [6.45, 7) is 0.788. The van der Waals surface area contributed by atoms with Gasteiger partial charge in [-0.15, -0.1) is 0 Å². The van der Waals surface area contributed by atoms with E-state index < -0.39 is 18.3 Å². The maximum atomic E-state index is 11.4. The minimum Gasteiger partial charge on any atom is -0.461 e. The average molecular weight is 182 g/mol. The number of carbonyl (C=O) groups excluding carboxylic acids is 2. The van der Waals surface area contributed by atoms with Crippen LogP contribution in [-0.4, -0.2) is 23.3 Å². The molecule has 0 saturated heterocycles. The van der Waals surface area contributed by atoms with E-state index in [-0.39, 0.29) is 11.5 Å². The molecule has 4 heteroatoms. The molecule has 1 heterocycles. The van der Waals surface area contributed by atoms with Crippen molar-refractivity contribution in [2.45, 2.75) is 6.92 Å². The summed E-state index contributed by atoms with van der Waals surface area (Å²) in [4.78, 5) is 22.3. The van der Waals surface area contributed by atoms with Gasteiger partial charge in [-0.1, -0.05) is 0 Å². The van der Waals surface area contributed by atoms with E-state index in [1.807, 2.05) is 0 Å². The van der Waals surface area contributed by atoms with Crippen LogP contribution >= 0.6 is 0 Å². The molecule has 1 aromatic heterocycles. The molecule has 0 saturated carbocycles. The van der Waals surface area contributed by atoms with Crippen LogP contribution in [0.3, 0.4) is 0 Å². The van der Waals surface area contributed by atoms with Crippen LogP contribution in [0.2, 0.25) is 0 Å². The molecular weight excluding hydrogens is 172 g/mol. The Labute approximate surface area is 75.2 Å². The van der Waals surface area contributed by atoms with Crippen LogP contribution in [0.15, 0.2) is 22.8 Å². The van der Waals surface area contributed by atoms with Crippen molar-refractivity contribution in [1.82, 2.24) is 0 Å². The molecule has 0 fully saturated rings. The summed E-state index contributed by atoms with van der Waals surface area (Å²) in [6, 6.07) is 3.02. The van der Waals surface area contributed by atoms with Crippen LogP contribution in [-0.2, 0) is 4.79 Å². The Balaban J connectivity index is 2.83. The predicted molar refractivity (Wildman–Crippen MR) is 44.3 cm³/mol. The Morgan fingerprint density at radius 2 is 2.31 bits per heavy atom. The Hall–Kier alpha value is -1.42. The van der Waals surface area contributed by atoms with Crippen molar-refractivity contribution in [3.63, 3.8) is 0 Å². The van der Waals surface area contributed by atoms with Crippen molar-refractivity contribution in [2.75, 3.05) is 6.61 Å². The lowest BCUT2D eigenvalue weighted by atomic mass is 9.99. The van der Waals surface area contributed by atoms with E-state index in [9.17, 15) is 9.59 Å². The molecule has 0 spiro atoms. The van der Waals surface area contributed by atoms with Gasteiger partial charge in [-0.05, 0) is 19.1 Å². The van der Waals surface area contributed by atoms with Gasteiger partial charge in [0.15, 0.2) is 5.76 Å². The fourth-order valence-corrected chi connectivity index (χ4v) is 0.987.